The molecule has 3 rings (SSSR count). The van der Waals surface area contributed by atoms with Crippen molar-refractivity contribution in [2.45, 2.75) is 35.5 Å². The van der Waals surface area contributed by atoms with Crippen LogP contribution in [0.15, 0.2) is 67.7 Å². The van der Waals surface area contributed by atoms with Gasteiger partial charge in [0.15, 0.2) is 0 Å². The fraction of sp³-hybridized carbons (Fsp3) is 0.200. The minimum absolute atomic E-state index is 0.0949. The summed E-state index contributed by atoms with van der Waals surface area (Å²) >= 11 is 4.80. The molecule has 0 aliphatic heterocycles. The first-order valence-electron chi connectivity index (χ1n) is 8.76. The van der Waals surface area contributed by atoms with Gasteiger partial charge in [0.25, 0.3) is 5.91 Å². The minimum Gasteiger partial charge on any atom is -0.271 e. The lowest BCUT2D eigenvalue weighted by Gasteiger charge is -2.08. The van der Waals surface area contributed by atoms with Crippen LogP contribution in [0.3, 0.4) is 0 Å². The predicted octanol–water partition coefficient (Wildman–Crippen LogP) is 4.34. The van der Waals surface area contributed by atoms with Crippen LogP contribution in [0.25, 0.3) is 0 Å². The van der Waals surface area contributed by atoms with Gasteiger partial charge in [-0.15, -0.1) is 0 Å². The van der Waals surface area contributed by atoms with E-state index in [0.717, 1.165) is 20.0 Å². The second-order valence-electron chi connectivity index (χ2n) is 6.50. The van der Waals surface area contributed by atoms with Gasteiger partial charge in [-0.3, -0.25) is 4.79 Å². The number of aromatic nitrogens is 2. The van der Waals surface area contributed by atoms with E-state index in [9.17, 15) is 13.2 Å². The molecule has 0 radical (unpaired) electrons. The maximum absolute atomic E-state index is 12.6. The van der Waals surface area contributed by atoms with Crippen LogP contribution in [0, 0.1) is 20.8 Å². The van der Waals surface area contributed by atoms with Crippen molar-refractivity contribution in [3.05, 3.63) is 70.0 Å². The van der Waals surface area contributed by atoms with Crippen molar-refractivity contribution >= 4 is 43.6 Å². The number of nitrogens with one attached hydrogen (secondary N) is 1. The first-order valence-corrected chi connectivity index (χ1v) is 11.9. The van der Waals surface area contributed by atoms with Gasteiger partial charge in [-0.2, -0.15) is 5.10 Å². The molecule has 29 heavy (non-hydrogen) atoms. The smallest absolute Gasteiger partial charge is 0.262 e. The van der Waals surface area contributed by atoms with Crippen LogP contribution in [-0.2, 0) is 10.0 Å². The lowest BCUT2D eigenvalue weighted by atomic mass is 10.2. The number of carbonyl (C=O) groups excluding carboxylic acids is 1. The third kappa shape index (κ3) is 5.16. The summed E-state index contributed by atoms with van der Waals surface area (Å²) in [6.45, 7) is 5.28. The van der Waals surface area contributed by atoms with Crippen LogP contribution in [0.4, 0.5) is 0 Å². The maximum atomic E-state index is 12.6. The first-order chi connectivity index (χ1) is 13.7. The quantitative estimate of drug-likeness (QED) is 0.552. The van der Waals surface area contributed by atoms with Gasteiger partial charge in [-0.25, -0.2) is 17.8 Å². The van der Waals surface area contributed by atoms with Crippen molar-refractivity contribution in [2.24, 2.45) is 0 Å². The monoisotopic (exact) mass is 493 g/mol. The Morgan fingerprint density at radius 1 is 1.07 bits per heavy atom. The zero-order valence-electron chi connectivity index (χ0n) is 16.1. The highest BCUT2D eigenvalue weighted by molar-refractivity contribution is 9.10. The minimum atomic E-state index is -3.79. The Hall–Kier alpha value is -1.94. The van der Waals surface area contributed by atoms with Crippen LogP contribution < -0.4 is 4.72 Å². The van der Waals surface area contributed by atoms with Crippen molar-refractivity contribution < 1.29 is 13.2 Å². The first kappa shape index (κ1) is 21.8. The fourth-order valence-corrected chi connectivity index (χ4v) is 4.84. The van der Waals surface area contributed by atoms with E-state index in [4.69, 9.17) is 0 Å². The van der Waals surface area contributed by atoms with Crippen LogP contribution in [0.5, 0.6) is 0 Å². The number of hydrogen-bond acceptors (Lipinski definition) is 5. The van der Waals surface area contributed by atoms with Crippen molar-refractivity contribution in [1.82, 2.24) is 14.5 Å². The van der Waals surface area contributed by atoms with E-state index in [-0.39, 0.29) is 11.4 Å². The predicted molar refractivity (Wildman–Crippen MR) is 117 cm³/mol. The molecular weight excluding hydrogens is 474 g/mol. The summed E-state index contributed by atoms with van der Waals surface area (Å²) in [5, 5.41) is 4.31. The van der Waals surface area contributed by atoms with Crippen molar-refractivity contribution in [2.75, 3.05) is 6.54 Å². The molecule has 0 aliphatic carbocycles. The van der Waals surface area contributed by atoms with E-state index in [1.165, 1.54) is 34.1 Å². The third-order valence-electron chi connectivity index (χ3n) is 4.24. The Morgan fingerprint density at radius 2 is 1.69 bits per heavy atom. The second kappa shape index (κ2) is 8.83. The zero-order valence-corrected chi connectivity index (χ0v) is 19.4. The Balaban J connectivity index is 1.74. The summed E-state index contributed by atoms with van der Waals surface area (Å²) in [6, 6.07) is 14.3. The number of benzene rings is 2. The Labute approximate surface area is 182 Å². The fourth-order valence-electron chi connectivity index (χ4n) is 2.67. The number of nitrogens with zero attached hydrogens (tertiary/aromatic N) is 2. The molecule has 1 aromatic heterocycles. The average Bonchev–Trinajstić information content (AvgIpc) is 2.96. The summed E-state index contributed by atoms with van der Waals surface area (Å²) in [5.41, 5.74) is 2.57. The molecule has 0 aliphatic rings. The topological polar surface area (TPSA) is 81.1 Å². The number of hydrogen-bond donors (Lipinski definition) is 1. The van der Waals surface area contributed by atoms with Crippen LogP contribution >= 0.6 is 27.7 Å². The molecule has 0 saturated carbocycles. The molecule has 0 amide bonds. The molecule has 9 heteroatoms. The molecule has 0 bridgehead atoms. The second-order valence-corrected chi connectivity index (χ2v) is 10.3. The van der Waals surface area contributed by atoms with Gasteiger partial charge in [-0.05, 0) is 57.2 Å². The standard InChI is InChI=1S/C20H20BrN3O3S2/c1-13-4-8-17(9-5-13)28-20-14(2)23-24(15(20)3)19(25)12-22-29(26,27)18-10-6-16(21)7-11-18/h4-11,22H,12H2,1-3H3. The number of rotatable bonds is 6. The van der Waals surface area contributed by atoms with Crippen molar-refractivity contribution in [3.63, 3.8) is 0 Å². The molecule has 0 saturated heterocycles. The summed E-state index contributed by atoms with van der Waals surface area (Å²) in [6.07, 6.45) is 0. The van der Waals surface area contributed by atoms with Gasteiger partial charge in [0.1, 0.15) is 0 Å². The number of halogens is 1. The van der Waals surface area contributed by atoms with E-state index >= 15 is 0 Å². The van der Waals surface area contributed by atoms with Gasteiger partial charge in [-0.1, -0.05) is 45.4 Å². The maximum Gasteiger partial charge on any atom is 0.262 e. The molecule has 0 fully saturated rings. The van der Waals surface area contributed by atoms with Crippen molar-refractivity contribution in [1.29, 1.82) is 0 Å². The van der Waals surface area contributed by atoms with Gasteiger partial charge in [0.05, 0.1) is 27.7 Å². The highest BCUT2D eigenvalue weighted by atomic mass is 79.9. The Kier molecular flexibility index (Phi) is 6.62. The van der Waals surface area contributed by atoms with Gasteiger partial charge in [0, 0.05) is 9.37 Å². The van der Waals surface area contributed by atoms with Crippen molar-refractivity contribution in [3.8, 4) is 0 Å². The van der Waals surface area contributed by atoms with E-state index in [0.29, 0.717) is 5.69 Å². The summed E-state index contributed by atoms with van der Waals surface area (Å²) in [5.74, 6) is -0.443. The molecular formula is C20H20BrN3O3S2. The molecule has 2 aromatic carbocycles. The number of aryl methyl sites for hydroxylation is 2. The van der Waals surface area contributed by atoms with Gasteiger partial charge in [0.2, 0.25) is 10.0 Å². The molecule has 1 heterocycles. The number of carbonyl (C=O) groups is 1. The lowest BCUT2D eigenvalue weighted by molar-refractivity contribution is 0.0900. The van der Waals surface area contributed by atoms with E-state index in [1.54, 1.807) is 19.1 Å². The molecule has 0 atom stereocenters. The normalized spacial score (nSPS) is 11.6. The summed E-state index contributed by atoms with van der Waals surface area (Å²) < 4.78 is 29.2. The van der Waals surface area contributed by atoms with Crippen LogP contribution in [0.2, 0.25) is 0 Å². The Morgan fingerprint density at radius 3 is 2.31 bits per heavy atom. The SMILES string of the molecule is Cc1ccc(Sc2c(C)nn(C(=O)CNS(=O)(=O)c3ccc(Br)cc3)c2C)cc1. The summed E-state index contributed by atoms with van der Waals surface area (Å²) in [4.78, 5) is 14.6. The molecule has 0 spiro atoms. The lowest BCUT2D eigenvalue weighted by Crippen LogP contribution is -2.33. The van der Waals surface area contributed by atoms with Gasteiger partial charge < -0.3 is 0 Å². The van der Waals surface area contributed by atoms with E-state index in [1.807, 2.05) is 38.1 Å². The average molecular weight is 494 g/mol. The van der Waals surface area contributed by atoms with E-state index in [2.05, 4.69) is 25.8 Å². The molecule has 1 N–H and O–H groups in total. The van der Waals surface area contributed by atoms with Gasteiger partial charge >= 0.3 is 0 Å². The third-order valence-corrected chi connectivity index (χ3v) is 7.49. The molecule has 0 unspecified atom stereocenters. The van der Waals surface area contributed by atoms with E-state index < -0.39 is 15.9 Å². The van der Waals surface area contributed by atoms with Crippen LogP contribution in [-0.4, -0.2) is 30.7 Å². The highest BCUT2D eigenvalue weighted by Gasteiger charge is 2.20. The van der Waals surface area contributed by atoms with Crippen LogP contribution in [0.1, 0.15) is 21.7 Å². The summed E-state index contributed by atoms with van der Waals surface area (Å²) in [7, 11) is -3.79. The number of sulfonamides is 1. The molecule has 3 aromatic rings. The Bertz CT molecular complexity index is 1140. The molecule has 6 nitrogen and oxygen atoms in total. The molecule has 152 valence electrons. The highest BCUT2D eigenvalue weighted by Crippen LogP contribution is 2.32. The zero-order chi connectivity index (χ0) is 21.2. The largest absolute Gasteiger partial charge is 0.271 e.